The second-order valence-corrected chi connectivity index (χ2v) is 5.55. The van der Waals surface area contributed by atoms with Crippen molar-refractivity contribution in [2.45, 2.75) is 19.6 Å². The first-order valence-electron chi connectivity index (χ1n) is 7.50. The summed E-state index contributed by atoms with van der Waals surface area (Å²) in [6, 6.07) is 7.66. The van der Waals surface area contributed by atoms with Gasteiger partial charge in [0.25, 0.3) is 0 Å². The van der Waals surface area contributed by atoms with Crippen molar-refractivity contribution in [2.24, 2.45) is 0 Å². The van der Waals surface area contributed by atoms with Crippen molar-refractivity contribution in [3.05, 3.63) is 29.8 Å². The minimum atomic E-state index is -1.08. The molecule has 1 saturated heterocycles. The fourth-order valence-corrected chi connectivity index (χ4v) is 2.37. The molecule has 9 nitrogen and oxygen atoms in total. The molecule has 2 heterocycles. The first-order valence-corrected chi connectivity index (χ1v) is 7.50. The minimum absolute atomic E-state index is 0.0215. The Morgan fingerprint density at radius 1 is 1.33 bits per heavy atom. The van der Waals surface area contributed by atoms with Gasteiger partial charge in [-0.15, -0.1) is 10.2 Å². The zero-order chi connectivity index (χ0) is 17.1. The quantitative estimate of drug-likeness (QED) is 0.837. The number of aliphatic carboxylic acids is 1. The number of nitrogens with zero attached hydrogens (tertiary/aromatic N) is 5. The second-order valence-electron chi connectivity index (χ2n) is 5.55. The van der Waals surface area contributed by atoms with Crippen LogP contribution in [0.2, 0.25) is 0 Å². The third-order valence-corrected chi connectivity index (χ3v) is 3.73. The van der Waals surface area contributed by atoms with Crippen molar-refractivity contribution in [1.82, 2.24) is 25.1 Å². The first kappa shape index (κ1) is 16.1. The standard InChI is InChI=1S/C15H17N5O4/c1-10-2-4-11(5-3-10)14-16-18-20(17-14)9-13(21)19-6-7-24-12(8-19)15(22)23/h2-5,12H,6-9H2,1H3,(H,22,23)/t12-/m1/s1. The number of ether oxygens (including phenoxy) is 1. The van der Waals surface area contributed by atoms with E-state index >= 15 is 0 Å². The molecule has 0 aliphatic carbocycles. The molecule has 1 aromatic carbocycles. The Labute approximate surface area is 137 Å². The maximum atomic E-state index is 12.3. The lowest BCUT2D eigenvalue weighted by molar-refractivity contribution is -0.159. The van der Waals surface area contributed by atoms with Crippen LogP contribution >= 0.6 is 0 Å². The SMILES string of the molecule is Cc1ccc(-c2nnn(CC(=O)N3CCO[C@@H](C(=O)O)C3)n2)cc1. The molecule has 0 radical (unpaired) electrons. The van der Waals surface area contributed by atoms with Crippen LogP contribution in [0.5, 0.6) is 0 Å². The largest absolute Gasteiger partial charge is 0.479 e. The lowest BCUT2D eigenvalue weighted by atomic mass is 10.1. The van der Waals surface area contributed by atoms with Crippen LogP contribution in [0, 0.1) is 6.92 Å². The lowest BCUT2D eigenvalue weighted by Crippen LogP contribution is -2.49. The summed E-state index contributed by atoms with van der Waals surface area (Å²) in [7, 11) is 0. The molecule has 3 rings (SSSR count). The highest BCUT2D eigenvalue weighted by atomic mass is 16.5. The lowest BCUT2D eigenvalue weighted by Gasteiger charge is -2.30. The minimum Gasteiger partial charge on any atom is -0.479 e. The van der Waals surface area contributed by atoms with Gasteiger partial charge in [-0.05, 0) is 12.1 Å². The van der Waals surface area contributed by atoms with Crippen molar-refractivity contribution >= 4 is 11.9 Å². The summed E-state index contributed by atoms with van der Waals surface area (Å²) in [5, 5.41) is 21.0. The van der Waals surface area contributed by atoms with Gasteiger partial charge < -0.3 is 14.7 Å². The van der Waals surface area contributed by atoms with Gasteiger partial charge in [-0.1, -0.05) is 29.8 Å². The van der Waals surface area contributed by atoms with Crippen LogP contribution in [0.25, 0.3) is 11.4 Å². The molecular weight excluding hydrogens is 314 g/mol. The average molecular weight is 331 g/mol. The van der Waals surface area contributed by atoms with E-state index in [2.05, 4.69) is 15.4 Å². The summed E-state index contributed by atoms with van der Waals surface area (Å²) in [5.41, 5.74) is 1.94. The number of benzene rings is 1. The molecule has 1 N–H and O–H groups in total. The van der Waals surface area contributed by atoms with Crippen molar-refractivity contribution in [1.29, 1.82) is 0 Å². The Balaban J connectivity index is 1.65. The van der Waals surface area contributed by atoms with E-state index in [1.54, 1.807) is 0 Å². The third-order valence-electron chi connectivity index (χ3n) is 3.73. The van der Waals surface area contributed by atoms with Crippen molar-refractivity contribution in [3.63, 3.8) is 0 Å². The topological polar surface area (TPSA) is 110 Å². The molecule has 24 heavy (non-hydrogen) atoms. The molecule has 1 amide bonds. The number of aromatic nitrogens is 4. The molecule has 0 bridgehead atoms. The molecular formula is C15H17N5O4. The van der Waals surface area contributed by atoms with Crippen molar-refractivity contribution in [2.75, 3.05) is 19.7 Å². The number of rotatable bonds is 4. The summed E-state index contributed by atoms with van der Waals surface area (Å²) >= 11 is 0. The Hall–Kier alpha value is -2.81. The molecule has 1 fully saturated rings. The molecule has 0 saturated carbocycles. The monoisotopic (exact) mass is 331 g/mol. The van der Waals surface area contributed by atoms with Crippen LogP contribution < -0.4 is 0 Å². The molecule has 126 valence electrons. The number of carbonyl (C=O) groups excluding carboxylic acids is 1. The van der Waals surface area contributed by atoms with Gasteiger partial charge in [-0.25, -0.2) is 4.79 Å². The van der Waals surface area contributed by atoms with Crippen LogP contribution in [0.3, 0.4) is 0 Å². The molecule has 2 aromatic rings. The maximum Gasteiger partial charge on any atom is 0.334 e. The average Bonchev–Trinajstić information content (AvgIpc) is 3.04. The Bertz CT molecular complexity index is 743. The molecule has 9 heteroatoms. The number of aryl methyl sites for hydroxylation is 1. The number of carbonyl (C=O) groups is 2. The van der Waals surface area contributed by atoms with Gasteiger partial charge in [0.1, 0.15) is 6.54 Å². The van der Waals surface area contributed by atoms with Gasteiger partial charge in [0.2, 0.25) is 11.7 Å². The van der Waals surface area contributed by atoms with Crippen LogP contribution in [0.1, 0.15) is 5.56 Å². The van der Waals surface area contributed by atoms with E-state index in [1.807, 2.05) is 31.2 Å². The predicted molar refractivity (Wildman–Crippen MR) is 81.9 cm³/mol. The molecule has 1 aliphatic rings. The number of hydrogen-bond donors (Lipinski definition) is 1. The molecule has 0 unspecified atom stereocenters. The molecule has 1 aliphatic heterocycles. The Morgan fingerprint density at radius 3 is 2.79 bits per heavy atom. The van der Waals surface area contributed by atoms with Crippen LogP contribution in [-0.4, -0.2) is 67.9 Å². The van der Waals surface area contributed by atoms with Gasteiger partial charge in [0.15, 0.2) is 6.10 Å². The van der Waals surface area contributed by atoms with Crippen LogP contribution in [-0.2, 0) is 20.9 Å². The summed E-state index contributed by atoms with van der Waals surface area (Å²) < 4.78 is 5.10. The fraction of sp³-hybridized carbons (Fsp3) is 0.400. The first-order chi connectivity index (χ1) is 11.5. The van der Waals surface area contributed by atoms with Gasteiger partial charge >= 0.3 is 5.97 Å². The van der Waals surface area contributed by atoms with E-state index in [-0.39, 0.29) is 25.6 Å². The Kier molecular flexibility index (Phi) is 4.52. The van der Waals surface area contributed by atoms with E-state index < -0.39 is 12.1 Å². The van der Waals surface area contributed by atoms with E-state index in [0.29, 0.717) is 12.4 Å². The summed E-state index contributed by atoms with van der Waals surface area (Å²) in [6.07, 6.45) is -0.991. The van der Waals surface area contributed by atoms with Crippen molar-refractivity contribution in [3.8, 4) is 11.4 Å². The van der Waals surface area contributed by atoms with Crippen molar-refractivity contribution < 1.29 is 19.4 Å². The van der Waals surface area contributed by atoms with Crippen LogP contribution in [0.4, 0.5) is 0 Å². The van der Waals surface area contributed by atoms with E-state index in [1.165, 1.54) is 9.70 Å². The van der Waals surface area contributed by atoms with Gasteiger partial charge in [-0.3, -0.25) is 4.79 Å². The van der Waals surface area contributed by atoms with E-state index in [0.717, 1.165) is 11.1 Å². The molecule has 1 aromatic heterocycles. The normalized spacial score (nSPS) is 17.7. The highest BCUT2D eigenvalue weighted by molar-refractivity contribution is 5.78. The highest BCUT2D eigenvalue weighted by Gasteiger charge is 2.29. The highest BCUT2D eigenvalue weighted by Crippen LogP contribution is 2.14. The number of amides is 1. The van der Waals surface area contributed by atoms with E-state index in [9.17, 15) is 9.59 Å². The maximum absolute atomic E-state index is 12.3. The summed E-state index contributed by atoms with van der Waals surface area (Å²) in [5.74, 6) is -0.904. The number of hydrogen-bond acceptors (Lipinski definition) is 6. The molecule has 0 spiro atoms. The molecule has 1 atom stereocenters. The zero-order valence-corrected chi connectivity index (χ0v) is 13.1. The smallest absolute Gasteiger partial charge is 0.334 e. The van der Waals surface area contributed by atoms with Gasteiger partial charge in [-0.2, -0.15) is 4.80 Å². The van der Waals surface area contributed by atoms with E-state index in [4.69, 9.17) is 9.84 Å². The van der Waals surface area contributed by atoms with Gasteiger partial charge in [0, 0.05) is 12.1 Å². The number of morpholine rings is 1. The summed E-state index contributed by atoms with van der Waals surface area (Å²) in [4.78, 5) is 25.9. The second kappa shape index (κ2) is 6.75. The van der Waals surface area contributed by atoms with Crippen LogP contribution in [0.15, 0.2) is 24.3 Å². The Morgan fingerprint density at radius 2 is 2.08 bits per heavy atom. The number of tetrazole rings is 1. The summed E-state index contributed by atoms with van der Waals surface area (Å²) in [6.45, 7) is 2.46. The van der Waals surface area contributed by atoms with Gasteiger partial charge in [0.05, 0.1) is 13.2 Å². The number of carboxylic acid groups (broad SMARTS) is 1. The fourth-order valence-electron chi connectivity index (χ4n) is 2.37. The third kappa shape index (κ3) is 3.57. The predicted octanol–water partition coefficient (Wildman–Crippen LogP) is -0.0395. The number of carboxylic acids is 1. The zero-order valence-electron chi connectivity index (χ0n) is 13.1.